The van der Waals surface area contributed by atoms with Crippen LogP contribution in [-0.4, -0.2) is 20.2 Å². The molecule has 0 saturated heterocycles. The minimum Gasteiger partial charge on any atom is -0.323 e. The molecule has 2 heterocycles. The molecule has 3 aromatic rings. The number of aromatic amines is 1. The standard InChI is InChI=1S/C16H15N5/c1-2-4-12(5-3-1)16-17-9-8-14(19-16)18-15-10-13(20-21-15)11-6-7-11/h1-5,8-11H,6-7H2,(H2,17,18,19,20,21). The van der Waals surface area contributed by atoms with Gasteiger partial charge in [-0.1, -0.05) is 30.3 Å². The molecule has 1 aliphatic carbocycles. The van der Waals surface area contributed by atoms with Gasteiger partial charge in [-0.2, -0.15) is 5.10 Å². The van der Waals surface area contributed by atoms with Gasteiger partial charge in [-0.25, -0.2) is 9.97 Å². The zero-order valence-electron chi connectivity index (χ0n) is 11.5. The first-order chi connectivity index (χ1) is 10.4. The molecule has 2 N–H and O–H groups in total. The smallest absolute Gasteiger partial charge is 0.161 e. The molecule has 0 amide bonds. The Kier molecular flexibility index (Phi) is 2.88. The van der Waals surface area contributed by atoms with Gasteiger partial charge in [-0.05, 0) is 18.9 Å². The second kappa shape index (κ2) is 5.01. The third-order valence-electron chi connectivity index (χ3n) is 3.56. The maximum atomic E-state index is 4.53. The van der Waals surface area contributed by atoms with Crippen molar-refractivity contribution in [3.05, 3.63) is 54.4 Å². The van der Waals surface area contributed by atoms with Crippen molar-refractivity contribution in [2.75, 3.05) is 5.32 Å². The summed E-state index contributed by atoms with van der Waals surface area (Å²) in [6.07, 6.45) is 4.27. The van der Waals surface area contributed by atoms with Gasteiger partial charge in [0, 0.05) is 29.4 Å². The molecular formula is C16H15N5. The highest BCUT2D eigenvalue weighted by Gasteiger charge is 2.25. The normalized spacial score (nSPS) is 14.1. The highest BCUT2D eigenvalue weighted by Crippen LogP contribution is 2.39. The molecule has 0 radical (unpaired) electrons. The van der Waals surface area contributed by atoms with E-state index in [1.165, 1.54) is 18.5 Å². The van der Waals surface area contributed by atoms with E-state index in [2.05, 4.69) is 31.5 Å². The number of H-pyrrole nitrogens is 1. The number of nitrogens with one attached hydrogen (secondary N) is 2. The number of anilines is 2. The summed E-state index contributed by atoms with van der Waals surface area (Å²) >= 11 is 0. The minimum atomic E-state index is 0.665. The summed E-state index contributed by atoms with van der Waals surface area (Å²) in [6.45, 7) is 0. The molecule has 0 spiro atoms. The summed E-state index contributed by atoms with van der Waals surface area (Å²) in [4.78, 5) is 8.85. The Balaban J connectivity index is 1.57. The molecule has 0 atom stereocenters. The van der Waals surface area contributed by atoms with E-state index in [-0.39, 0.29) is 0 Å². The van der Waals surface area contributed by atoms with Gasteiger partial charge in [0.1, 0.15) is 5.82 Å². The molecule has 0 bridgehead atoms. The molecule has 1 aliphatic rings. The number of aromatic nitrogens is 4. The fraction of sp³-hybridized carbons (Fsp3) is 0.188. The monoisotopic (exact) mass is 277 g/mol. The van der Waals surface area contributed by atoms with Crippen molar-refractivity contribution in [3.63, 3.8) is 0 Å². The van der Waals surface area contributed by atoms with Crippen molar-refractivity contribution in [2.24, 2.45) is 0 Å². The predicted octanol–water partition coefficient (Wildman–Crippen LogP) is 3.49. The first kappa shape index (κ1) is 12.1. The van der Waals surface area contributed by atoms with E-state index >= 15 is 0 Å². The van der Waals surface area contributed by atoms with Crippen LogP contribution in [0.1, 0.15) is 24.5 Å². The minimum absolute atomic E-state index is 0.665. The topological polar surface area (TPSA) is 66.5 Å². The average molecular weight is 277 g/mol. The second-order valence-electron chi connectivity index (χ2n) is 5.24. The Bertz CT molecular complexity index is 746. The largest absolute Gasteiger partial charge is 0.323 e. The predicted molar refractivity (Wildman–Crippen MR) is 81.3 cm³/mol. The molecule has 5 heteroatoms. The van der Waals surface area contributed by atoms with Crippen LogP contribution in [0.15, 0.2) is 48.7 Å². The summed E-state index contributed by atoms with van der Waals surface area (Å²) < 4.78 is 0. The summed E-state index contributed by atoms with van der Waals surface area (Å²) in [7, 11) is 0. The molecule has 104 valence electrons. The molecular weight excluding hydrogens is 262 g/mol. The van der Waals surface area contributed by atoms with Crippen molar-refractivity contribution in [1.82, 2.24) is 20.2 Å². The molecule has 21 heavy (non-hydrogen) atoms. The third-order valence-corrected chi connectivity index (χ3v) is 3.56. The second-order valence-corrected chi connectivity index (χ2v) is 5.24. The van der Waals surface area contributed by atoms with Crippen LogP contribution >= 0.6 is 0 Å². The van der Waals surface area contributed by atoms with Gasteiger partial charge >= 0.3 is 0 Å². The summed E-state index contributed by atoms with van der Waals surface area (Å²) in [5, 5.41) is 10.6. The maximum absolute atomic E-state index is 4.53. The van der Waals surface area contributed by atoms with E-state index in [9.17, 15) is 0 Å². The van der Waals surface area contributed by atoms with Crippen molar-refractivity contribution >= 4 is 11.6 Å². The Labute approximate surface area is 122 Å². The number of nitrogens with zero attached hydrogens (tertiary/aromatic N) is 3. The van der Waals surface area contributed by atoms with E-state index in [1.54, 1.807) is 6.20 Å². The Hall–Kier alpha value is -2.69. The summed E-state index contributed by atoms with van der Waals surface area (Å²) in [6, 6.07) is 13.8. The lowest BCUT2D eigenvalue weighted by Gasteiger charge is -2.04. The Morgan fingerprint density at radius 3 is 2.71 bits per heavy atom. The highest BCUT2D eigenvalue weighted by molar-refractivity contribution is 5.59. The lowest BCUT2D eigenvalue weighted by molar-refractivity contribution is 0.966. The van der Waals surface area contributed by atoms with Crippen LogP contribution in [0, 0.1) is 0 Å². The number of hydrogen-bond donors (Lipinski definition) is 2. The third kappa shape index (κ3) is 2.63. The summed E-state index contributed by atoms with van der Waals surface area (Å²) in [5.41, 5.74) is 2.21. The maximum Gasteiger partial charge on any atom is 0.161 e. The van der Waals surface area contributed by atoms with Gasteiger partial charge in [-0.15, -0.1) is 0 Å². The molecule has 2 aromatic heterocycles. The lowest BCUT2D eigenvalue weighted by atomic mass is 10.2. The van der Waals surface area contributed by atoms with E-state index in [0.29, 0.717) is 11.7 Å². The molecule has 1 saturated carbocycles. The van der Waals surface area contributed by atoms with Gasteiger partial charge in [0.05, 0.1) is 0 Å². The number of hydrogen-bond acceptors (Lipinski definition) is 4. The zero-order valence-corrected chi connectivity index (χ0v) is 11.5. The van der Waals surface area contributed by atoms with Crippen molar-refractivity contribution < 1.29 is 0 Å². The van der Waals surface area contributed by atoms with Gasteiger partial charge in [-0.3, -0.25) is 5.10 Å². The van der Waals surface area contributed by atoms with Crippen LogP contribution in [0.3, 0.4) is 0 Å². The Morgan fingerprint density at radius 2 is 1.90 bits per heavy atom. The van der Waals surface area contributed by atoms with Gasteiger partial charge in [0.15, 0.2) is 11.6 Å². The molecule has 5 nitrogen and oxygen atoms in total. The molecule has 4 rings (SSSR count). The lowest BCUT2D eigenvalue weighted by Crippen LogP contribution is -1.96. The zero-order chi connectivity index (χ0) is 14.1. The van der Waals surface area contributed by atoms with Crippen LogP contribution in [0.5, 0.6) is 0 Å². The van der Waals surface area contributed by atoms with Crippen LogP contribution < -0.4 is 5.32 Å². The molecule has 1 aromatic carbocycles. The summed E-state index contributed by atoms with van der Waals surface area (Å²) in [5.74, 6) is 2.92. The molecule has 1 fully saturated rings. The van der Waals surface area contributed by atoms with Gasteiger partial charge < -0.3 is 5.32 Å². The van der Waals surface area contributed by atoms with Crippen LogP contribution in [0.25, 0.3) is 11.4 Å². The number of rotatable bonds is 4. The van der Waals surface area contributed by atoms with Gasteiger partial charge in [0.2, 0.25) is 0 Å². The van der Waals surface area contributed by atoms with Gasteiger partial charge in [0.25, 0.3) is 0 Å². The molecule has 0 unspecified atom stereocenters. The number of benzene rings is 1. The first-order valence-corrected chi connectivity index (χ1v) is 7.09. The van der Waals surface area contributed by atoms with Crippen molar-refractivity contribution in [2.45, 2.75) is 18.8 Å². The molecule has 0 aliphatic heterocycles. The van der Waals surface area contributed by atoms with Crippen LogP contribution in [0.4, 0.5) is 11.6 Å². The average Bonchev–Trinajstić information content (AvgIpc) is 3.29. The fourth-order valence-corrected chi connectivity index (χ4v) is 2.29. The van der Waals surface area contributed by atoms with Crippen LogP contribution in [0.2, 0.25) is 0 Å². The Morgan fingerprint density at radius 1 is 1.05 bits per heavy atom. The van der Waals surface area contributed by atoms with E-state index in [0.717, 1.165) is 17.2 Å². The quantitative estimate of drug-likeness (QED) is 0.766. The van der Waals surface area contributed by atoms with Crippen molar-refractivity contribution in [3.8, 4) is 11.4 Å². The van der Waals surface area contributed by atoms with E-state index in [1.807, 2.05) is 36.4 Å². The van der Waals surface area contributed by atoms with Crippen molar-refractivity contribution in [1.29, 1.82) is 0 Å². The highest BCUT2D eigenvalue weighted by atomic mass is 15.2. The van der Waals surface area contributed by atoms with E-state index < -0.39 is 0 Å². The first-order valence-electron chi connectivity index (χ1n) is 7.09. The van der Waals surface area contributed by atoms with E-state index in [4.69, 9.17) is 0 Å². The fourth-order valence-electron chi connectivity index (χ4n) is 2.29. The SMILES string of the molecule is c1ccc(-c2nccc(Nc3cc(C4CC4)[nH]n3)n2)cc1. The van der Waals surface area contributed by atoms with Crippen LogP contribution in [-0.2, 0) is 0 Å².